The lowest BCUT2D eigenvalue weighted by molar-refractivity contribution is -0.156. The van der Waals surface area contributed by atoms with E-state index >= 15 is 0 Å². The van der Waals surface area contributed by atoms with Crippen LogP contribution in [0.15, 0.2) is 0 Å². The van der Waals surface area contributed by atoms with E-state index in [1.807, 2.05) is 0 Å². The number of nitrogens with zero attached hydrogens (tertiary/aromatic N) is 1. The molecule has 0 aromatic carbocycles. The largest absolute Gasteiger partial charge is 0.480 e. The van der Waals surface area contributed by atoms with Gasteiger partial charge in [0.25, 0.3) is 0 Å². The Hall–Kier alpha value is -1.83. The molecule has 25 heavy (non-hydrogen) atoms. The number of ether oxygens (including phenoxy) is 2. The smallest absolute Gasteiger partial charge is 0.410 e. The molecule has 0 saturated carbocycles. The second-order valence-electron chi connectivity index (χ2n) is 7.93. The Morgan fingerprint density at radius 1 is 1.00 bits per heavy atom. The monoisotopic (exact) mass is 360 g/mol. The number of nitrogens with two attached hydrogens (primary N) is 1. The number of amides is 1. The molecule has 3 N–H and O–H groups in total. The van der Waals surface area contributed by atoms with Gasteiger partial charge in [0.2, 0.25) is 0 Å². The maximum Gasteiger partial charge on any atom is 0.410 e. The van der Waals surface area contributed by atoms with Gasteiger partial charge in [0, 0.05) is 6.54 Å². The minimum absolute atomic E-state index is 0.225. The highest BCUT2D eigenvalue weighted by atomic mass is 16.6. The van der Waals surface area contributed by atoms with Gasteiger partial charge in [0.05, 0.1) is 0 Å². The summed E-state index contributed by atoms with van der Waals surface area (Å²) in [4.78, 5) is 36.2. The molecule has 0 aliphatic rings. The van der Waals surface area contributed by atoms with Gasteiger partial charge in [0.1, 0.15) is 23.8 Å². The number of carboxylic acid groups (broad SMARTS) is 1. The molecule has 0 fully saturated rings. The number of unbranched alkanes of at least 4 members (excludes halogenated alkanes) is 1. The van der Waals surface area contributed by atoms with Crippen molar-refractivity contribution in [2.75, 3.05) is 13.1 Å². The number of carbonyl (C=O) groups is 3. The zero-order valence-corrected chi connectivity index (χ0v) is 16.1. The van der Waals surface area contributed by atoms with Crippen LogP contribution in [0.1, 0.15) is 60.8 Å². The minimum atomic E-state index is -1.06. The summed E-state index contributed by atoms with van der Waals surface area (Å²) in [6.45, 7) is 10.5. The Balaban J connectivity index is 4.70. The van der Waals surface area contributed by atoms with E-state index < -0.39 is 35.3 Å². The molecule has 1 amide bonds. The van der Waals surface area contributed by atoms with Gasteiger partial charge < -0.3 is 20.3 Å². The second kappa shape index (κ2) is 9.60. The number of carbonyl (C=O) groups excluding carboxylic acids is 2. The van der Waals surface area contributed by atoms with Crippen molar-refractivity contribution in [2.24, 2.45) is 5.73 Å². The quantitative estimate of drug-likeness (QED) is 0.503. The van der Waals surface area contributed by atoms with Crippen molar-refractivity contribution in [1.29, 1.82) is 0 Å². The predicted molar refractivity (Wildman–Crippen MR) is 93.1 cm³/mol. The molecule has 146 valence electrons. The van der Waals surface area contributed by atoms with Gasteiger partial charge in [-0.25, -0.2) is 4.79 Å². The van der Waals surface area contributed by atoms with Crippen molar-refractivity contribution in [2.45, 2.75) is 78.0 Å². The van der Waals surface area contributed by atoms with Crippen LogP contribution in [-0.4, -0.2) is 58.4 Å². The molecule has 0 aliphatic carbocycles. The van der Waals surface area contributed by atoms with Crippen molar-refractivity contribution >= 4 is 18.0 Å². The van der Waals surface area contributed by atoms with E-state index in [-0.39, 0.29) is 13.1 Å². The first kappa shape index (κ1) is 23.2. The zero-order chi connectivity index (χ0) is 19.8. The van der Waals surface area contributed by atoms with Crippen molar-refractivity contribution in [3.05, 3.63) is 0 Å². The van der Waals surface area contributed by atoms with E-state index in [1.54, 1.807) is 41.5 Å². The first-order valence-corrected chi connectivity index (χ1v) is 8.39. The Kier molecular flexibility index (Phi) is 8.90. The Morgan fingerprint density at radius 2 is 1.52 bits per heavy atom. The van der Waals surface area contributed by atoms with E-state index in [0.717, 1.165) is 0 Å². The van der Waals surface area contributed by atoms with Crippen molar-refractivity contribution in [1.82, 2.24) is 4.90 Å². The molecule has 1 unspecified atom stereocenters. The number of aliphatic carboxylic acids is 1. The van der Waals surface area contributed by atoms with Crippen LogP contribution >= 0.6 is 0 Å². The van der Waals surface area contributed by atoms with Crippen LogP contribution in [0.2, 0.25) is 0 Å². The minimum Gasteiger partial charge on any atom is -0.480 e. The highest BCUT2D eigenvalue weighted by molar-refractivity contribution is 5.78. The van der Waals surface area contributed by atoms with Crippen LogP contribution in [0.5, 0.6) is 0 Å². The fourth-order valence-corrected chi connectivity index (χ4v) is 1.88. The normalized spacial score (nSPS) is 13.1. The molecule has 0 rings (SSSR count). The summed E-state index contributed by atoms with van der Waals surface area (Å²) in [5.74, 6) is -1.58. The maximum atomic E-state index is 12.3. The van der Waals surface area contributed by atoms with Crippen molar-refractivity contribution in [3.8, 4) is 0 Å². The first-order chi connectivity index (χ1) is 11.2. The van der Waals surface area contributed by atoms with Gasteiger partial charge in [-0.05, 0) is 60.8 Å². The summed E-state index contributed by atoms with van der Waals surface area (Å²) in [6, 6.07) is -0.930. The molecule has 8 heteroatoms. The standard InChI is InChI=1S/C17H32N2O6/c1-16(2,3)24-13(20)11-19(15(23)25-17(4,5)6)10-8-7-9-12(18)14(21)22/h12H,7-11,18H2,1-6H3,(H,21,22). The SMILES string of the molecule is CC(C)(C)OC(=O)CN(CCCCC(N)C(=O)O)C(=O)OC(C)(C)C. The van der Waals surface area contributed by atoms with Gasteiger partial charge in [-0.15, -0.1) is 0 Å². The second-order valence-corrected chi connectivity index (χ2v) is 7.93. The van der Waals surface area contributed by atoms with Crippen LogP contribution in [0.4, 0.5) is 4.79 Å². The topological polar surface area (TPSA) is 119 Å². The van der Waals surface area contributed by atoms with Crippen molar-refractivity contribution < 1.29 is 29.0 Å². The van der Waals surface area contributed by atoms with Gasteiger partial charge in [0.15, 0.2) is 0 Å². The van der Waals surface area contributed by atoms with Crippen LogP contribution in [-0.2, 0) is 19.1 Å². The third-order valence-corrected chi connectivity index (χ3v) is 2.90. The summed E-state index contributed by atoms with van der Waals surface area (Å²) in [5, 5.41) is 8.76. The van der Waals surface area contributed by atoms with E-state index in [9.17, 15) is 14.4 Å². The molecule has 0 spiro atoms. The number of esters is 1. The van der Waals surface area contributed by atoms with E-state index in [0.29, 0.717) is 19.3 Å². The summed E-state index contributed by atoms with van der Waals surface area (Å²) >= 11 is 0. The molecular weight excluding hydrogens is 328 g/mol. The molecule has 1 atom stereocenters. The molecule has 0 aliphatic heterocycles. The first-order valence-electron chi connectivity index (χ1n) is 8.39. The lowest BCUT2D eigenvalue weighted by atomic mass is 10.1. The average Bonchev–Trinajstić information content (AvgIpc) is 2.37. The average molecular weight is 360 g/mol. The molecule has 0 saturated heterocycles. The Bertz CT molecular complexity index is 465. The predicted octanol–water partition coefficient (Wildman–Crippen LogP) is 2.15. The molecular formula is C17H32N2O6. The number of hydrogen-bond donors (Lipinski definition) is 2. The van der Waals surface area contributed by atoms with Gasteiger partial charge in [-0.1, -0.05) is 0 Å². The number of rotatable bonds is 8. The van der Waals surface area contributed by atoms with Crippen LogP contribution in [0.25, 0.3) is 0 Å². The Morgan fingerprint density at radius 3 is 1.96 bits per heavy atom. The lowest BCUT2D eigenvalue weighted by Gasteiger charge is -2.28. The third-order valence-electron chi connectivity index (χ3n) is 2.90. The molecule has 0 heterocycles. The zero-order valence-electron chi connectivity index (χ0n) is 16.1. The van der Waals surface area contributed by atoms with Gasteiger partial charge in [-0.2, -0.15) is 0 Å². The molecule has 0 aromatic rings. The number of carboxylic acids is 1. The Labute approximate surface area is 149 Å². The fourth-order valence-electron chi connectivity index (χ4n) is 1.88. The summed E-state index contributed by atoms with van der Waals surface area (Å²) in [7, 11) is 0. The fraction of sp³-hybridized carbons (Fsp3) is 0.824. The molecule has 0 aromatic heterocycles. The molecule has 0 bridgehead atoms. The van der Waals surface area contributed by atoms with Gasteiger partial charge >= 0.3 is 18.0 Å². The van der Waals surface area contributed by atoms with E-state index in [4.69, 9.17) is 20.3 Å². The maximum absolute atomic E-state index is 12.3. The summed E-state index contributed by atoms with van der Waals surface area (Å²) in [6.07, 6.45) is 0.703. The summed E-state index contributed by atoms with van der Waals surface area (Å²) in [5.41, 5.74) is 4.11. The highest BCUT2D eigenvalue weighted by Crippen LogP contribution is 2.13. The van der Waals surface area contributed by atoms with E-state index in [1.165, 1.54) is 4.90 Å². The molecule has 8 nitrogen and oxygen atoms in total. The van der Waals surface area contributed by atoms with Crippen molar-refractivity contribution in [3.63, 3.8) is 0 Å². The van der Waals surface area contributed by atoms with Gasteiger partial charge in [-0.3, -0.25) is 14.5 Å². The number of hydrogen-bond acceptors (Lipinski definition) is 6. The molecule has 0 radical (unpaired) electrons. The third kappa shape index (κ3) is 12.2. The van der Waals surface area contributed by atoms with E-state index in [2.05, 4.69) is 0 Å². The van der Waals surface area contributed by atoms with Crippen LogP contribution in [0, 0.1) is 0 Å². The van der Waals surface area contributed by atoms with Crippen LogP contribution < -0.4 is 5.73 Å². The highest BCUT2D eigenvalue weighted by Gasteiger charge is 2.26. The summed E-state index contributed by atoms with van der Waals surface area (Å²) < 4.78 is 10.5. The lowest BCUT2D eigenvalue weighted by Crippen LogP contribution is -2.42. The van der Waals surface area contributed by atoms with Crippen LogP contribution in [0.3, 0.4) is 0 Å².